The summed E-state index contributed by atoms with van der Waals surface area (Å²) in [4.78, 5) is 0.0230. The minimum Gasteiger partial charge on any atom is -0.120 e. The molecule has 0 saturated carbocycles. The topological polar surface area (TPSA) is 0 Å². The van der Waals surface area contributed by atoms with Gasteiger partial charge in [0.25, 0.3) is 0 Å². The van der Waals surface area contributed by atoms with E-state index in [4.69, 9.17) is 11.6 Å². The average molecular weight is 181 g/mol. The van der Waals surface area contributed by atoms with E-state index in [0.717, 1.165) is 6.42 Å². The van der Waals surface area contributed by atoms with Gasteiger partial charge in [-0.3, -0.25) is 0 Å². The third-order valence-electron chi connectivity index (χ3n) is 1.37. The van der Waals surface area contributed by atoms with E-state index in [2.05, 4.69) is 20.8 Å². The molecule has 0 rings (SSSR count). The highest BCUT2D eigenvalue weighted by atomic mass is 35.5. The Balaban J connectivity index is 0. The molecule has 0 aromatic heterocycles. The van der Waals surface area contributed by atoms with E-state index in [1.54, 1.807) is 0 Å². The van der Waals surface area contributed by atoms with Gasteiger partial charge in [-0.25, -0.2) is 0 Å². The molecule has 0 bridgehead atoms. The highest BCUT2D eigenvalue weighted by Gasteiger charge is 2.10. The van der Waals surface area contributed by atoms with E-state index in [-0.39, 0.29) is 15.8 Å². The minimum atomic E-state index is 0. The van der Waals surface area contributed by atoms with Crippen LogP contribution in [0.15, 0.2) is 0 Å². The van der Waals surface area contributed by atoms with E-state index < -0.39 is 0 Å². The Kier molecular flexibility index (Phi) is 8.18. The first kappa shape index (κ1) is 13.1. The third-order valence-corrected chi connectivity index (χ3v) is 1.56. The van der Waals surface area contributed by atoms with Gasteiger partial charge in [-0.1, -0.05) is 26.2 Å². The van der Waals surface area contributed by atoms with Gasteiger partial charge in [-0.2, -0.15) is 0 Å². The zero-order chi connectivity index (χ0) is 7.33. The fraction of sp³-hybridized carbons (Fsp3) is 1.00. The van der Waals surface area contributed by atoms with Crippen LogP contribution in [0.1, 0.15) is 46.5 Å². The van der Waals surface area contributed by atoms with Gasteiger partial charge < -0.3 is 0 Å². The maximum absolute atomic E-state index is 5.97. The van der Waals surface area contributed by atoms with E-state index in [9.17, 15) is 0 Å². The lowest BCUT2D eigenvalue weighted by atomic mass is 10.1. The molecular formula is C8H21ClSi. The Morgan fingerprint density at radius 2 is 1.70 bits per heavy atom. The van der Waals surface area contributed by atoms with Crippen molar-refractivity contribution in [2.24, 2.45) is 0 Å². The average Bonchev–Trinajstić information content (AvgIpc) is 1.63. The van der Waals surface area contributed by atoms with Crippen molar-refractivity contribution in [2.75, 3.05) is 0 Å². The van der Waals surface area contributed by atoms with Gasteiger partial charge in [0.2, 0.25) is 0 Å². The van der Waals surface area contributed by atoms with Crippen molar-refractivity contribution >= 4 is 22.6 Å². The quantitative estimate of drug-likeness (QED) is 0.354. The van der Waals surface area contributed by atoms with Crippen molar-refractivity contribution in [3.63, 3.8) is 0 Å². The zero-order valence-corrected chi connectivity index (χ0v) is 7.46. The van der Waals surface area contributed by atoms with Crippen molar-refractivity contribution in [1.29, 1.82) is 0 Å². The summed E-state index contributed by atoms with van der Waals surface area (Å²) in [6.07, 6.45) is 5.01. The summed E-state index contributed by atoms with van der Waals surface area (Å²) in [7, 11) is 0. The molecular weight excluding hydrogens is 160 g/mol. The summed E-state index contributed by atoms with van der Waals surface area (Å²) in [5.74, 6) is 0. The van der Waals surface area contributed by atoms with E-state index in [1.807, 2.05) is 0 Å². The predicted octanol–water partition coefficient (Wildman–Crippen LogP) is 2.13. The van der Waals surface area contributed by atoms with Crippen molar-refractivity contribution in [3.8, 4) is 0 Å². The summed E-state index contributed by atoms with van der Waals surface area (Å²) < 4.78 is 0. The zero-order valence-electron chi connectivity index (χ0n) is 6.71. The molecule has 64 valence electrons. The molecule has 2 heteroatoms. The van der Waals surface area contributed by atoms with Crippen LogP contribution in [0.4, 0.5) is 0 Å². The second-order valence-corrected chi connectivity index (χ2v) is 4.20. The first-order valence-electron chi connectivity index (χ1n) is 3.75. The van der Waals surface area contributed by atoms with Crippen molar-refractivity contribution in [3.05, 3.63) is 0 Å². The SMILES string of the molecule is CCCCCC(C)(C)Cl.[SiH4]. The van der Waals surface area contributed by atoms with Gasteiger partial charge in [0.1, 0.15) is 0 Å². The number of unbranched alkanes of at least 4 members (excludes halogenated alkanes) is 2. The van der Waals surface area contributed by atoms with Crippen LogP contribution in [-0.2, 0) is 0 Å². The molecule has 0 heterocycles. The van der Waals surface area contributed by atoms with Crippen molar-refractivity contribution < 1.29 is 0 Å². The van der Waals surface area contributed by atoms with Crippen LogP contribution in [0, 0.1) is 0 Å². The van der Waals surface area contributed by atoms with E-state index in [0.29, 0.717) is 0 Å². The molecule has 0 spiro atoms. The Labute approximate surface area is 74.4 Å². The van der Waals surface area contributed by atoms with Gasteiger partial charge >= 0.3 is 0 Å². The van der Waals surface area contributed by atoms with Crippen LogP contribution in [0.25, 0.3) is 0 Å². The Morgan fingerprint density at radius 1 is 1.20 bits per heavy atom. The molecule has 0 fully saturated rings. The molecule has 0 aliphatic rings. The second kappa shape index (κ2) is 6.23. The smallest absolute Gasteiger partial charge is 0.0390 e. The Morgan fingerprint density at radius 3 is 2.00 bits per heavy atom. The monoisotopic (exact) mass is 180 g/mol. The first-order valence-corrected chi connectivity index (χ1v) is 4.13. The third kappa shape index (κ3) is 11.3. The highest BCUT2D eigenvalue weighted by Crippen LogP contribution is 2.20. The molecule has 0 N–H and O–H groups in total. The number of halogens is 1. The lowest BCUT2D eigenvalue weighted by Gasteiger charge is -2.13. The molecule has 0 aromatic carbocycles. The highest BCUT2D eigenvalue weighted by molar-refractivity contribution is 6.23. The van der Waals surface area contributed by atoms with E-state index >= 15 is 0 Å². The molecule has 0 aliphatic carbocycles. The van der Waals surface area contributed by atoms with Gasteiger partial charge in [0, 0.05) is 4.87 Å². The summed E-state index contributed by atoms with van der Waals surface area (Å²) in [6.45, 7) is 6.36. The normalized spacial score (nSPS) is 10.8. The molecule has 10 heavy (non-hydrogen) atoms. The van der Waals surface area contributed by atoms with Crippen LogP contribution >= 0.6 is 11.6 Å². The Bertz CT molecular complexity index is 66.1. The van der Waals surface area contributed by atoms with Gasteiger partial charge in [0.15, 0.2) is 0 Å². The molecule has 0 saturated heterocycles. The van der Waals surface area contributed by atoms with Crippen LogP contribution in [0.2, 0.25) is 0 Å². The molecule has 0 atom stereocenters. The number of hydrogen-bond acceptors (Lipinski definition) is 0. The summed E-state index contributed by atoms with van der Waals surface area (Å²) in [5.41, 5.74) is 0. The lowest BCUT2D eigenvalue weighted by molar-refractivity contribution is 0.565. The van der Waals surface area contributed by atoms with Crippen molar-refractivity contribution in [1.82, 2.24) is 0 Å². The Hall–Kier alpha value is 0.507. The lowest BCUT2D eigenvalue weighted by Crippen LogP contribution is -2.08. The molecule has 0 nitrogen and oxygen atoms in total. The molecule has 0 amide bonds. The van der Waals surface area contributed by atoms with E-state index in [1.165, 1.54) is 19.3 Å². The molecule has 0 aromatic rings. The number of hydrogen-bond donors (Lipinski definition) is 0. The molecule has 0 unspecified atom stereocenters. The fourth-order valence-corrected chi connectivity index (χ4v) is 0.929. The molecule has 0 radical (unpaired) electrons. The van der Waals surface area contributed by atoms with Gasteiger partial charge in [0.05, 0.1) is 0 Å². The maximum atomic E-state index is 5.97. The standard InChI is InChI=1S/C8H17Cl.H4Si/c1-4-5-6-7-8(2,3)9;/h4-7H2,1-3H3;1H4. The fourth-order valence-electron chi connectivity index (χ4n) is 0.795. The van der Waals surface area contributed by atoms with Crippen LogP contribution in [0.5, 0.6) is 0 Å². The van der Waals surface area contributed by atoms with Crippen LogP contribution in [0.3, 0.4) is 0 Å². The summed E-state index contributed by atoms with van der Waals surface area (Å²) in [5, 5.41) is 0. The largest absolute Gasteiger partial charge is 0.120 e. The van der Waals surface area contributed by atoms with Crippen LogP contribution < -0.4 is 0 Å². The van der Waals surface area contributed by atoms with Gasteiger partial charge in [-0.15, -0.1) is 11.6 Å². The minimum absolute atomic E-state index is 0. The van der Waals surface area contributed by atoms with Crippen LogP contribution in [-0.4, -0.2) is 15.8 Å². The number of rotatable bonds is 4. The van der Waals surface area contributed by atoms with Gasteiger partial charge in [-0.05, 0) is 31.2 Å². The summed E-state index contributed by atoms with van der Waals surface area (Å²) in [6, 6.07) is 0. The molecule has 0 aliphatic heterocycles. The first-order chi connectivity index (χ1) is 4.06. The predicted molar refractivity (Wildman–Crippen MR) is 55.4 cm³/mol. The number of alkyl halides is 1. The maximum Gasteiger partial charge on any atom is 0.0390 e. The van der Waals surface area contributed by atoms with Crippen molar-refractivity contribution in [2.45, 2.75) is 51.3 Å². The summed E-state index contributed by atoms with van der Waals surface area (Å²) >= 11 is 5.97. The second-order valence-electron chi connectivity index (χ2n) is 3.18.